The highest BCUT2D eigenvalue weighted by molar-refractivity contribution is 5.75. The molecule has 0 saturated carbocycles. The number of hydrogen-bond acceptors (Lipinski definition) is 5. The molecule has 0 radical (unpaired) electrons. The summed E-state index contributed by atoms with van der Waals surface area (Å²) in [4.78, 5) is 13.7. The molecule has 1 rings (SSSR count). The van der Waals surface area contributed by atoms with E-state index in [2.05, 4.69) is 4.90 Å². The van der Waals surface area contributed by atoms with Gasteiger partial charge in [0.25, 0.3) is 0 Å². The molecule has 17 heavy (non-hydrogen) atoms. The maximum Gasteiger partial charge on any atom is 0.322 e. The summed E-state index contributed by atoms with van der Waals surface area (Å²) in [5.74, 6) is 0.332. The Morgan fingerprint density at radius 1 is 1.59 bits per heavy atom. The molecule has 1 fully saturated rings. The van der Waals surface area contributed by atoms with Crippen molar-refractivity contribution in [2.45, 2.75) is 25.8 Å². The first-order valence-corrected chi connectivity index (χ1v) is 6.30. The van der Waals surface area contributed by atoms with E-state index in [0.717, 1.165) is 26.2 Å². The molecule has 5 heteroatoms. The molecule has 0 aromatic rings. The van der Waals surface area contributed by atoms with Gasteiger partial charge in [-0.15, -0.1) is 0 Å². The van der Waals surface area contributed by atoms with Gasteiger partial charge >= 0.3 is 5.97 Å². The van der Waals surface area contributed by atoms with Crippen LogP contribution in [0, 0.1) is 5.92 Å². The van der Waals surface area contributed by atoms with Gasteiger partial charge in [0, 0.05) is 20.2 Å². The van der Waals surface area contributed by atoms with Crippen LogP contribution in [0.3, 0.4) is 0 Å². The fourth-order valence-corrected chi connectivity index (χ4v) is 2.18. The van der Waals surface area contributed by atoms with Gasteiger partial charge in [-0.2, -0.15) is 0 Å². The van der Waals surface area contributed by atoms with Crippen molar-refractivity contribution in [3.63, 3.8) is 0 Å². The molecule has 1 saturated heterocycles. The van der Waals surface area contributed by atoms with Crippen LogP contribution in [-0.4, -0.2) is 56.9 Å². The van der Waals surface area contributed by atoms with Gasteiger partial charge < -0.3 is 20.1 Å². The second-order valence-electron chi connectivity index (χ2n) is 4.56. The molecule has 0 spiro atoms. The summed E-state index contributed by atoms with van der Waals surface area (Å²) in [6.07, 6.45) is 1.83. The number of esters is 1. The molecule has 0 aromatic heterocycles. The Labute approximate surface area is 103 Å². The topological polar surface area (TPSA) is 64.8 Å². The number of carbonyl (C=O) groups is 1. The normalized spacial score (nSPS) is 22.6. The lowest BCUT2D eigenvalue weighted by molar-refractivity contribution is -0.144. The largest absolute Gasteiger partial charge is 0.465 e. The number of rotatable bonds is 7. The lowest BCUT2D eigenvalue weighted by atomic mass is 10.1. The Morgan fingerprint density at radius 3 is 3.00 bits per heavy atom. The molecule has 100 valence electrons. The average molecular weight is 244 g/mol. The zero-order chi connectivity index (χ0) is 12.7. The summed E-state index contributed by atoms with van der Waals surface area (Å²) in [7, 11) is 1.74. The Balaban J connectivity index is 2.16. The molecular formula is C12H24N2O3. The SMILES string of the molecule is CCOC(=O)C(N)CCN1CCC(COC)C1. The maximum atomic E-state index is 11.3. The van der Waals surface area contributed by atoms with E-state index in [-0.39, 0.29) is 5.97 Å². The predicted octanol–water partition coefficient (Wildman–Crippen LogP) is 0.235. The van der Waals surface area contributed by atoms with Crippen LogP contribution in [0.4, 0.5) is 0 Å². The monoisotopic (exact) mass is 244 g/mol. The Kier molecular flexibility index (Phi) is 6.47. The van der Waals surface area contributed by atoms with Crippen LogP contribution in [-0.2, 0) is 14.3 Å². The van der Waals surface area contributed by atoms with Gasteiger partial charge in [-0.25, -0.2) is 0 Å². The van der Waals surface area contributed by atoms with Gasteiger partial charge in [-0.1, -0.05) is 0 Å². The van der Waals surface area contributed by atoms with Crippen LogP contribution in [0.5, 0.6) is 0 Å². The van der Waals surface area contributed by atoms with Crippen molar-refractivity contribution in [2.24, 2.45) is 11.7 Å². The minimum Gasteiger partial charge on any atom is -0.465 e. The van der Waals surface area contributed by atoms with E-state index in [9.17, 15) is 4.79 Å². The third-order valence-corrected chi connectivity index (χ3v) is 3.12. The van der Waals surface area contributed by atoms with E-state index in [1.807, 2.05) is 0 Å². The predicted molar refractivity (Wildman–Crippen MR) is 65.6 cm³/mol. The standard InChI is InChI=1S/C12H24N2O3/c1-3-17-12(15)11(13)5-7-14-6-4-10(8-14)9-16-2/h10-11H,3-9,13H2,1-2H3. The van der Waals surface area contributed by atoms with E-state index in [1.54, 1.807) is 14.0 Å². The molecule has 2 N–H and O–H groups in total. The number of nitrogens with two attached hydrogens (primary N) is 1. The molecule has 0 aliphatic carbocycles. The van der Waals surface area contributed by atoms with Gasteiger partial charge in [0.15, 0.2) is 0 Å². The van der Waals surface area contributed by atoms with E-state index in [4.69, 9.17) is 15.2 Å². The second kappa shape index (κ2) is 7.63. The quantitative estimate of drug-likeness (QED) is 0.650. The third-order valence-electron chi connectivity index (χ3n) is 3.12. The molecule has 1 aliphatic heterocycles. The fraction of sp³-hybridized carbons (Fsp3) is 0.917. The lowest BCUT2D eigenvalue weighted by Gasteiger charge is -2.18. The number of methoxy groups -OCH3 is 1. The van der Waals surface area contributed by atoms with E-state index in [0.29, 0.717) is 18.9 Å². The van der Waals surface area contributed by atoms with Crippen LogP contribution >= 0.6 is 0 Å². The van der Waals surface area contributed by atoms with Crippen LogP contribution in [0.15, 0.2) is 0 Å². The molecule has 0 amide bonds. The Morgan fingerprint density at radius 2 is 2.35 bits per heavy atom. The number of hydrogen-bond donors (Lipinski definition) is 1. The van der Waals surface area contributed by atoms with E-state index >= 15 is 0 Å². The molecule has 2 atom stereocenters. The van der Waals surface area contributed by atoms with Gasteiger partial charge in [-0.3, -0.25) is 4.79 Å². The summed E-state index contributed by atoms with van der Waals surface area (Å²) in [5, 5.41) is 0. The van der Waals surface area contributed by atoms with Gasteiger partial charge in [0.2, 0.25) is 0 Å². The molecule has 5 nitrogen and oxygen atoms in total. The van der Waals surface area contributed by atoms with E-state index < -0.39 is 6.04 Å². The average Bonchev–Trinajstić information content (AvgIpc) is 2.74. The number of carbonyl (C=O) groups excluding carboxylic acids is 1. The minimum atomic E-state index is -0.489. The molecule has 1 aliphatic rings. The molecule has 2 unspecified atom stereocenters. The smallest absolute Gasteiger partial charge is 0.322 e. The molecule has 1 heterocycles. The van der Waals surface area contributed by atoms with Gasteiger partial charge in [0.1, 0.15) is 6.04 Å². The number of ether oxygens (including phenoxy) is 2. The van der Waals surface area contributed by atoms with Crippen molar-refractivity contribution in [3.05, 3.63) is 0 Å². The van der Waals surface area contributed by atoms with Gasteiger partial charge in [0.05, 0.1) is 13.2 Å². The van der Waals surface area contributed by atoms with Crippen molar-refractivity contribution in [3.8, 4) is 0 Å². The van der Waals surface area contributed by atoms with Crippen LogP contribution in [0.1, 0.15) is 19.8 Å². The summed E-state index contributed by atoms with van der Waals surface area (Å²) in [6, 6.07) is -0.489. The molecule has 0 aromatic carbocycles. The second-order valence-corrected chi connectivity index (χ2v) is 4.56. The van der Waals surface area contributed by atoms with Crippen molar-refractivity contribution in [1.29, 1.82) is 0 Å². The first-order chi connectivity index (χ1) is 8.17. The third kappa shape index (κ3) is 5.02. The highest BCUT2D eigenvalue weighted by Crippen LogP contribution is 2.16. The van der Waals surface area contributed by atoms with Crippen LogP contribution in [0.25, 0.3) is 0 Å². The first kappa shape index (κ1) is 14.4. The number of likely N-dealkylation sites (tertiary alicyclic amines) is 1. The minimum absolute atomic E-state index is 0.292. The van der Waals surface area contributed by atoms with Crippen molar-refractivity contribution in [2.75, 3.05) is 40.0 Å². The zero-order valence-corrected chi connectivity index (χ0v) is 10.9. The highest BCUT2D eigenvalue weighted by Gasteiger charge is 2.23. The van der Waals surface area contributed by atoms with E-state index in [1.165, 1.54) is 6.42 Å². The lowest BCUT2D eigenvalue weighted by Crippen LogP contribution is -2.36. The van der Waals surface area contributed by atoms with Crippen molar-refractivity contribution in [1.82, 2.24) is 4.90 Å². The summed E-state index contributed by atoms with van der Waals surface area (Å²) in [5.41, 5.74) is 5.75. The van der Waals surface area contributed by atoms with Crippen molar-refractivity contribution < 1.29 is 14.3 Å². The summed E-state index contributed by atoms with van der Waals surface area (Å²) in [6.45, 7) is 5.99. The zero-order valence-electron chi connectivity index (χ0n) is 10.9. The Bertz CT molecular complexity index is 236. The number of nitrogens with zero attached hydrogens (tertiary/aromatic N) is 1. The molecule has 0 bridgehead atoms. The summed E-state index contributed by atoms with van der Waals surface area (Å²) >= 11 is 0. The van der Waals surface area contributed by atoms with Crippen LogP contribution < -0.4 is 5.73 Å². The van der Waals surface area contributed by atoms with Crippen molar-refractivity contribution >= 4 is 5.97 Å². The Hall–Kier alpha value is -0.650. The van der Waals surface area contributed by atoms with Crippen LogP contribution in [0.2, 0.25) is 0 Å². The first-order valence-electron chi connectivity index (χ1n) is 6.30. The summed E-state index contributed by atoms with van der Waals surface area (Å²) < 4.78 is 10.0. The fourth-order valence-electron chi connectivity index (χ4n) is 2.18. The highest BCUT2D eigenvalue weighted by atomic mass is 16.5. The van der Waals surface area contributed by atoms with Gasteiger partial charge in [-0.05, 0) is 32.2 Å². The molecular weight excluding hydrogens is 220 g/mol. The maximum absolute atomic E-state index is 11.3.